The van der Waals surface area contributed by atoms with Crippen LogP contribution in [0.4, 0.5) is 0 Å². The fraction of sp³-hybridized carbons (Fsp3) is 0.250. The molecule has 1 atom stereocenters. The number of carbonyl (C=O) groups excluding carboxylic acids is 1. The molecule has 0 spiro atoms. The highest BCUT2D eigenvalue weighted by Crippen LogP contribution is 2.25. The van der Waals surface area contributed by atoms with Crippen LogP contribution in [0.1, 0.15) is 37.0 Å². The molecule has 0 saturated carbocycles. The molecular formula is C24H25N5O. The minimum atomic E-state index is 0.123. The number of hydrogen-bond donors (Lipinski definition) is 1. The van der Waals surface area contributed by atoms with Crippen LogP contribution in [-0.2, 0) is 0 Å². The monoisotopic (exact) mass is 399 g/mol. The van der Waals surface area contributed by atoms with Crippen molar-refractivity contribution in [2.75, 3.05) is 6.54 Å². The van der Waals surface area contributed by atoms with Gasteiger partial charge in [-0.3, -0.25) is 9.78 Å². The minimum absolute atomic E-state index is 0.123. The van der Waals surface area contributed by atoms with Crippen LogP contribution in [0, 0.1) is 0 Å². The van der Waals surface area contributed by atoms with E-state index in [9.17, 15) is 4.79 Å². The number of rotatable bonds is 8. The summed E-state index contributed by atoms with van der Waals surface area (Å²) in [7, 11) is 0. The number of pyridine rings is 1. The summed E-state index contributed by atoms with van der Waals surface area (Å²) in [6.07, 6.45) is 6.64. The van der Waals surface area contributed by atoms with Gasteiger partial charge in [0.2, 0.25) is 0 Å². The maximum absolute atomic E-state index is 12.7. The molecular weight excluding hydrogens is 374 g/mol. The normalized spacial score (nSPS) is 12.2. The van der Waals surface area contributed by atoms with Crippen molar-refractivity contribution >= 4 is 11.4 Å². The SMILES string of the molecule is CCN[C@@H](C)CCC(=O)c1ccnc(-c2cnn3ccc(-c4ccccc4)nc23)c1. The van der Waals surface area contributed by atoms with Gasteiger partial charge in [-0.25, -0.2) is 9.50 Å². The molecule has 0 amide bonds. The van der Waals surface area contributed by atoms with E-state index in [1.807, 2.05) is 48.7 Å². The Morgan fingerprint density at radius 3 is 2.77 bits per heavy atom. The lowest BCUT2D eigenvalue weighted by molar-refractivity contribution is 0.0976. The van der Waals surface area contributed by atoms with Gasteiger partial charge in [0.05, 0.1) is 23.1 Å². The molecule has 0 aliphatic rings. The first-order valence-electron chi connectivity index (χ1n) is 10.3. The lowest BCUT2D eigenvalue weighted by atomic mass is 10.0. The Hall–Kier alpha value is -3.38. The molecule has 6 heteroatoms. The lowest BCUT2D eigenvalue weighted by Gasteiger charge is -2.11. The zero-order valence-corrected chi connectivity index (χ0v) is 17.2. The van der Waals surface area contributed by atoms with E-state index in [1.165, 1.54) is 0 Å². The molecule has 0 radical (unpaired) electrons. The molecule has 152 valence electrons. The van der Waals surface area contributed by atoms with Crippen molar-refractivity contribution in [1.29, 1.82) is 0 Å². The summed E-state index contributed by atoms with van der Waals surface area (Å²) in [6, 6.07) is 15.9. The van der Waals surface area contributed by atoms with Crippen LogP contribution >= 0.6 is 0 Å². The van der Waals surface area contributed by atoms with E-state index < -0.39 is 0 Å². The molecule has 4 rings (SSSR count). The molecule has 3 heterocycles. The second kappa shape index (κ2) is 8.97. The number of Topliss-reactive ketones (excluding diaryl/α,β-unsaturated/α-hetero) is 1. The molecule has 0 fully saturated rings. The number of nitrogens with zero attached hydrogens (tertiary/aromatic N) is 4. The molecule has 0 aliphatic heterocycles. The van der Waals surface area contributed by atoms with E-state index in [2.05, 4.69) is 29.2 Å². The molecule has 1 aromatic carbocycles. The van der Waals surface area contributed by atoms with E-state index in [0.29, 0.717) is 29.4 Å². The van der Waals surface area contributed by atoms with Crippen molar-refractivity contribution in [3.05, 3.63) is 72.7 Å². The molecule has 30 heavy (non-hydrogen) atoms. The molecule has 4 aromatic rings. The molecule has 6 nitrogen and oxygen atoms in total. The second-order valence-corrected chi connectivity index (χ2v) is 7.36. The average molecular weight is 399 g/mol. The highest BCUT2D eigenvalue weighted by atomic mass is 16.1. The smallest absolute Gasteiger partial charge is 0.164 e. The van der Waals surface area contributed by atoms with Crippen molar-refractivity contribution < 1.29 is 4.79 Å². The lowest BCUT2D eigenvalue weighted by Crippen LogP contribution is -2.26. The van der Waals surface area contributed by atoms with Crippen LogP contribution in [-0.4, -0.2) is 38.0 Å². The largest absolute Gasteiger partial charge is 0.315 e. The van der Waals surface area contributed by atoms with Gasteiger partial charge < -0.3 is 5.32 Å². The van der Waals surface area contributed by atoms with Crippen molar-refractivity contribution in [3.63, 3.8) is 0 Å². The molecule has 1 N–H and O–H groups in total. The van der Waals surface area contributed by atoms with Gasteiger partial charge in [0, 0.05) is 36.0 Å². The summed E-state index contributed by atoms with van der Waals surface area (Å²) >= 11 is 0. The van der Waals surface area contributed by atoms with Crippen LogP contribution in [0.25, 0.3) is 28.2 Å². The number of fused-ring (bicyclic) bond motifs is 1. The predicted molar refractivity (Wildman–Crippen MR) is 118 cm³/mol. The number of carbonyl (C=O) groups is 1. The van der Waals surface area contributed by atoms with Gasteiger partial charge >= 0.3 is 0 Å². The Balaban J connectivity index is 1.63. The van der Waals surface area contributed by atoms with E-state index in [1.54, 1.807) is 23.0 Å². The topological polar surface area (TPSA) is 72.2 Å². The third-order valence-corrected chi connectivity index (χ3v) is 5.15. The Morgan fingerprint density at radius 2 is 1.97 bits per heavy atom. The number of hydrogen-bond acceptors (Lipinski definition) is 5. The van der Waals surface area contributed by atoms with Crippen molar-refractivity contribution in [2.45, 2.75) is 32.7 Å². The molecule has 0 aliphatic carbocycles. The van der Waals surface area contributed by atoms with Gasteiger partial charge in [-0.15, -0.1) is 0 Å². The van der Waals surface area contributed by atoms with Gasteiger partial charge in [-0.2, -0.15) is 5.10 Å². The zero-order valence-electron chi connectivity index (χ0n) is 17.2. The van der Waals surface area contributed by atoms with Crippen LogP contribution in [0.2, 0.25) is 0 Å². The average Bonchev–Trinajstić information content (AvgIpc) is 3.21. The van der Waals surface area contributed by atoms with Crippen molar-refractivity contribution in [1.82, 2.24) is 24.9 Å². The molecule has 0 unspecified atom stereocenters. The third-order valence-electron chi connectivity index (χ3n) is 5.15. The Labute approximate surface area is 176 Å². The zero-order chi connectivity index (χ0) is 20.9. The van der Waals surface area contributed by atoms with Gasteiger partial charge in [0.15, 0.2) is 11.4 Å². The Morgan fingerprint density at radius 1 is 1.13 bits per heavy atom. The summed E-state index contributed by atoms with van der Waals surface area (Å²) in [5.41, 5.74) is 4.81. The minimum Gasteiger partial charge on any atom is -0.315 e. The number of benzene rings is 1. The molecule has 0 bridgehead atoms. The summed E-state index contributed by atoms with van der Waals surface area (Å²) < 4.78 is 1.73. The van der Waals surface area contributed by atoms with Crippen LogP contribution in [0.3, 0.4) is 0 Å². The van der Waals surface area contributed by atoms with E-state index in [0.717, 1.165) is 29.8 Å². The van der Waals surface area contributed by atoms with Gasteiger partial charge in [-0.1, -0.05) is 37.3 Å². The summed E-state index contributed by atoms with van der Waals surface area (Å²) in [6.45, 7) is 5.08. The van der Waals surface area contributed by atoms with Gasteiger partial charge in [0.1, 0.15) is 0 Å². The highest BCUT2D eigenvalue weighted by Gasteiger charge is 2.14. The summed E-state index contributed by atoms with van der Waals surface area (Å²) in [5.74, 6) is 0.123. The Bertz CT molecular complexity index is 1150. The van der Waals surface area contributed by atoms with E-state index in [-0.39, 0.29) is 5.78 Å². The Kier molecular flexibility index (Phi) is 5.95. The fourth-order valence-electron chi connectivity index (χ4n) is 3.51. The number of nitrogens with one attached hydrogen (secondary N) is 1. The first kappa shape index (κ1) is 19.9. The molecule has 3 aromatic heterocycles. The van der Waals surface area contributed by atoms with E-state index in [4.69, 9.17) is 4.98 Å². The third kappa shape index (κ3) is 4.28. The quantitative estimate of drug-likeness (QED) is 0.444. The summed E-state index contributed by atoms with van der Waals surface area (Å²) in [4.78, 5) is 22.0. The maximum Gasteiger partial charge on any atom is 0.164 e. The number of aromatic nitrogens is 4. The van der Waals surface area contributed by atoms with Gasteiger partial charge in [0.25, 0.3) is 0 Å². The second-order valence-electron chi connectivity index (χ2n) is 7.36. The van der Waals surface area contributed by atoms with E-state index >= 15 is 0 Å². The maximum atomic E-state index is 12.7. The first-order chi connectivity index (χ1) is 14.7. The van der Waals surface area contributed by atoms with Crippen molar-refractivity contribution in [3.8, 4) is 22.5 Å². The van der Waals surface area contributed by atoms with Crippen LogP contribution in [0.15, 0.2) is 67.1 Å². The van der Waals surface area contributed by atoms with Gasteiger partial charge in [-0.05, 0) is 38.1 Å². The van der Waals surface area contributed by atoms with Crippen LogP contribution in [0.5, 0.6) is 0 Å². The molecule has 0 saturated heterocycles. The van der Waals surface area contributed by atoms with Crippen molar-refractivity contribution in [2.24, 2.45) is 0 Å². The standard InChI is InChI=1S/C24H25N5O/c1-3-25-17(2)9-10-23(30)19-11-13-26-22(15-19)20-16-27-29-14-12-21(28-24(20)29)18-7-5-4-6-8-18/h4-8,11-17,25H,3,9-10H2,1-2H3/t17-/m0/s1. The fourth-order valence-corrected chi connectivity index (χ4v) is 3.51. The predicted octanol–water partition coefficient (Wildman–Crippen LogP) is 4.42. The first-order valence-corrected chi connectivity index (χ1v) is 10.3. The summed E-state index contributed by atoms with van der Waals surface area (Å²) in [5, 5.41) is 7.75. The highest BCUT2D eigenvalue weighted by molar-refractivity contribution is 5.97. The number of ketones is 1. The van der Waals surface area contributed by atoms with Crippen LogP contribution < -0.4 is 5.32 Å².